The van der Waals surface area contributed by atoms with Crippen LogP contribution >= 0.6 is 11.8 Å². The molecule has 1 aromatic rings. The predicted octanol–water partition coefficient (Wildman–Crippen LogP) is 2.14. The van der Waals surface area contributed by atoms with Crippen molar-refractivity contribution in [2.24, 2.45) is 0 Å². The molecular formula is C14H19N3O3S. The van der Waals surface area contributed by atoms with Crippen LogP contribution in [-0.4, -0.2) is 48.2 Å². The van der Waals surface area contributed by atoms with Crippen molar-refractivity contribution in [2.45, 2.75) is 23.8 Å². The van der Waals surface area contributed by atoms with Gasteiger partial charge in [-0.25, -0.2) is 0 Å². The van der Waals surface area contributed by atoms with Gasteiger partial charge in [-0.3, -0.25) is 14.9 Å². The van der Waals surface area contributed by atoms with Gasteiger partial charge in [0.25, 0.3) is 11.6 Å². The van der Waals surface area contributed by atoms with Gasteiger partial charge in [0.1, 0.15) is 5.56 Å². The number of nitrogens with zero attached hydrogens (tertiary/aromatic N) is 2. The van der Waals surface area contributed by atoms with E-state index in [-0.39, 0.29) is 23.2 Å². The van der Waals surface area contributed by atoms with Gasteiger partial charge in [0.2, 0.25) is 0 Å². The number of nitrogens with one attached hydrogen (secondary N) is 1. The number of hydrogen-bond donors (Lipinski definition) is 1. The topological polar surface area (TPSA) is 75.5 Å². The normalized spacial score (nSPS) is 18.6. The van der Waals surface area contributed by atoms with Crippen LogP contribution in [0.4, 0.5) is 5.69 Å². The molecule has 1 heterocycles. The standard InChI is InChI=1S/C14H19N3O3S/c1-15-10-4-3-7-16(9-10)14(18)12-8-11(21-2)5-6-13(12)17(19)20/h5-6,8,10,15H,3-4,7,9H2,1-2H3. The number of likely N-dealkylation sites (tertiary alicyclic amines) is 1. The molecule has 2 rings (SSSR count). The Balaban J connectivity index is 2.30. The van der Waals surface area contributed by atoms with Gasteiger partial charge in [0, 0.05) is 30.1 Å². The van der Waals surface area contributed by atoms with Gasteiger partial charge in [0.05, 0.1) is 4.92 Å². The molecule has 6 nitrogen and oxygen atoms in total. The van der Waals surface area contributed by atoms with Gasteiger partial charge >= 0.3 is 0 Å². The Bertz CT molecular complexity index is 550. The highest BCUT2D eigenvalue weighted by Crippen LogP contribution is 2.27. The first kappa shape index (κ1) is 15.8. The van der Waals surface area contributed by atoms with Crippen LogP contribution in [0.3, 0.4) is 0 Å². The van der Waals surface area contributed by atoms with E-state index in [4.69, 9.17) is 0 Å². The molecule has 1 atom stereocenters. The van der Waals surface area contributed by atoms with Gasteiger partial charge in [0.15, 0.2) is 0 Å². The molecule has 114 valence electrons. The van der Waals surface area contributed by atoms with Gasteiger partial charge in [-0.15, -0.1) is 11.8 Å². The number of hydrogen-bond acceptors (Lipinski definition) is 5. The van der Waals surface area contributed by atoms with E-state index in [0.717, 1.165) is 17.7 Å². The zero-order chi connectivity index (χ0) is 15.4. The van der Waals surface area contributed by atoms with E-state index in [9.17, 15) is 14.9 Å². The number of piperidine rings is 1. The molecule has 1 unspecified atom stereocenters. The molecule has 1 aliphatic rings. The van der Waals surface area contributed by atoms with Crippen molar-refractivity contribution in [3.63, 3.8) is 0 Å². The van der Waals surface area contributed by atoms with Crippen LogP contribution < -0.4 is 5.32 Å². The zero-order valence-corrected chi connectivity index (χ0v) is 13.0. The Morgan fingerprint density at radius 1 is 1.52 bits per heavy atom. The van der Waals surface area contributed by atoms with Crippen LogP contribution in [0.15, 0.2) is 23.1 Å². The van der Waals surface area contributed by atoms with Gasteiger partial charge in [-0.1, -0.05) is 0 Å². The summed E-state index contributed by atoms with van der Waals surface area (Å²) in [7, 11) is 1.87. The minimum absolute atomic E-state index is 0.121. The summed E-state index contributed by atoms with van der Waals surface area (Å²) in [6, 6.07) is 4.96. The maximum atomic E-state index is 12.6. The van der Waals surface area contributed by atoms with Crippen molar-refractivity contribution in [1.29, 1.82) is 0 Å². The molecule has 7 heteroatoms. The summed E-state index contributed by atoms with van der Waals surface area (Å²) in [4.78, 5) is 25.9. The van der Waals surface area contributed by atoms with E-state index < -0.39 is 4.92 Å². The summed E-state index contributed by atoms with van der Waals surface area (Å²) in [5.41, 5.74) is 0.0629. The van der Waals surface area contributed by atoms with E-state index in [0.29, 0.717) is 13.1 Å². The molecular weight excluding hydrogens is 290 g/mol. The van der Waals surface area contributed by atoms with Gasteiger partial charge in [-0.05, 0) is 38.3 Å². The average Bonchev–Trinajstić information content (AvgIpc) is 2.53. The minimum atomic E-state index is -0.489. The first-order valence-electron chi connectivity index (χ1n) is 6.85. The second-order valence-electron chi connectivity index (χ2n) is 5.02. The quantitative estimate of drug-likeness (QED) is 0.524. The fraction of sp³-hybridized carbons (Fsp3) is 0.500. The fourth-order valence-electron chi connectivity index (χ4n) is 2.54. The molecule has 0 bridgehead atoms. The molecule has 0 radical (unpaired) electrons. The van der Waals surface area contributed by atoms with Crippen molar-refractivity contribution in [3.05, 3.63) is 33.9 Å². The second kappa shape index (κ2) is 6.91. The maximum absolute atomic E-state index is 12.6. The largest absolute Gasteiger partial charge is 0.337 e. The lowest BCUT2D eigenvalue weighted by atomic mass is 10.0. The lowest BCUT2D eigenvalue weighted by Gasteiger charge is -2.32. The smallest absolute Gasteiger partial charge is 0.282 e. The van der Waals surface area contributed by atoms with Crippen molar-refractivity contribution < 1.29 is 9.72 Å². The van der Waals surface area contributed by atoms with Crippen LogP contribution in [0.2, 0.25) is 0 Å². The van der Waals surface area contributed by atoms with Crippen LogP contribution in [0.1, 0.15) is 23.2 Å². The number of rotatable bonds is 4. The Labute approximate surface area is 128 Å². The van der Waals surface area contributed by atoms with Crippen molar-refractivity contribution in [3.8, 4) is 0 Å². The van der Waals surface area contributed by atoms with Crippen LogP contribution in [0.5, 0.6) is 0 Å². The van der Waals surface area contributed by atoms with Crippen molar-refractivity contribution >= 4 is 23.4 Å². The minimum Gasteiger partial charge on any atom is -0.337 e. The Morgan fingerprint density at radius 3 is 2.90 bits per heavy atom. The summed E-state index contributed by atoms with van der Waals surface area (Å²) < 4.78 is 0. The summed E-state index contributed by atoms with van der Waals surface area (Å²) in [6.07, 6.45) is 3.81. The summed E-state index contributed by atoms with van der Waals surface area (Å²) >= 11 is 1.47. The lowest BCUT2D eigenvalue weighted by molar-refractivity contribution is -0.385. The highest BCUT2D eigenvalue weighted by Gasteiger charge is 2.28. The monoisotopic (exact) mass is 309 g/mol. The van der Waals surface area contributed by atoms with E-state index >= 15 is 0 Å². The van der Waals surface area contributed by atoms with Crippen molar-refractivity contribution in [1.82, 2.24) is 10.2 Å². The third-order valence-corrected chi connectivity index (χ3v) is 4.47. The van der Waals surface area contributed by atoms with E-state index in [2.05, 4.69) is 5.32 Å². The third kappa shape index (κ3) is 3.54. The summed E-state index contributed by atoms with van der Waals surface area (Å²) in [6.45, 7) is 1.24. The van der Waals surface area contributed by atoms with E-state index in [1.54, 1.807) is 17.0 Å². The number of carbonyl (C=O) groups excluding carboxylic acids is 1. The highest BCUT2D eigenvalue weighted by molar-refractivity contribution is 7.98. The number of amides is 1. The van der Waals surface area contributed by atoms with Crippen LogP contribution in [0.25, 0.3) is 0 Å². The Kier molecular flexibility index (Phi) is 5.19. The molecule has 1 amide bonds. The molecule has 0 spiro atoms. The first-order chi connectivity index (χ1) is 10.1. The van der Waals surface area contributed by atoms with Crippen molar-refractivity contribution in [2.75, 3.05) is 26.4 Å². The number of carbonyl (C=O) groups is 1. The van der Waals surface area contributed by atoms with Crippen LogP contribution in [-0.2, 0) is 0 Å². The molecule has 1 aromatic carbocycles. The predicted molar refractivity (Wildman–Crippen MR) is 82.9 cm³/mol. The number of nitro benzene ring substituents is 1. The highest BCUT2D eigenvalue weighted by atomic mass is 32.2. The van der Waals surface area contributed by atoms with Gasteiger partial charge < -0.3 is 10.2 Å². The molecule has 1 N–H and O–H groups in total. The Morgan fingerprint density at radius 2 is 2.29 bits per heavy atom. The molecule has 21 heavy (non-hydrogen) atoms. The third-order valence-electron chi connectivity index (χ3n) is 3.75. The molecule has 1 saturated heterocycles. The molecule has 0 aliphatic carbocycles. The zero-order valence-electron chi connectivity index (χ0n) is 12.2. The number of benzene rings is 1. The summed E-state index contributed by atoms with van der Waals surface area (Å²) in [5.74, 6) is -0.252. The van der Waals surface area contributed by atoms with E-state index in [1.807, 2.05) is 13.3 Å². The van der Waals surface area contributed by atoms with Gasteiger partial charge in [-0.2, -0.15) is 0 Å². The molecule has 1 aliphatic heterocycles. The van der Waals surface area contributed by atoms with E-state index in [1.165, 1.54) is 17.8 Å². The molecule has 0 aromatic heterocycles. The lowest BCUT2D eigenvalue weighted by Crippen LogP contribution is -2.47. The maximum Gasteiger partial charge on any atom is 0.282 e. The number of nitro groups is 1. The number of thioether (sulfide) groups is 1. The second-order valence-corrected chi connectivity index (χ2v) is 5.90. The fourth-order valence-corrected chi connectivity index (χ4v) is 2.98. The number of likely N-dealkylation sites (N-methyl/N-ethyl adjacent to an activating group) is 1. The van der Waals surface area contributed by atoms with Crippen LogP contribution in [0, 0.1) is 10.1 Å². The Hall–Kier alpha value is -1.60. The molecule has 1 fully saturated rings. The SMILES string of the molecule is CNC1CCCN(C(=O)c2cc(SC)ccc2[N+](=O)[O-])C1. The molecule has 0 saturated carbocycles. The summed E-state index contributed by atoms with van der Waals surface area (Å²) in [5, 5.41) is 14.3. The first-order valence-corrected chi connectivity index (χ1v) is 8.08. The average molecular weight is 309 g/mol.